The maximum atomic E-state index is 12.7. The summed E-state index contributed by atoms with van der Waals surface area (Å²) in [5, 5.41) is 12.6. The quantitative estimate of drug-likeness (QED) is 0.801. The van der Waals surface area contributed by atoms with E-state index < -0.39 is 0 Å². The van der Waals surface area contributed by atoms with Crippen LogP contribution in [0.5, 0.6) is 0 Å². The van der Waals surface area contributed by atoms with E-state index in [4.69, 9.17) is 0 Å². The first-order valence-corrected chi connectivity index (χ1v) is 8.00. The minimum absolute atomic E-state index is 0.161. The van der Waals surface area contributed by atoms with E-state index in [1.54, 1.807) is 6.20 Å². The molecule has 6 heteroatoms. The fourth-order valence-electron chi connectivity index (χ4n) is 3.38. The molecule has 0 saturated carbocycles. The Morgan fingerprint density at radius 2 is 2.22 bits per heavy atom. The second-order valence-corrected chi connectivity index (χ2v) is 6.01. The molecule has 1 saturated heterocycles. The monoisotopic (exact) mass is 309 g/mol. The van der Waals surface area contributed by atoms with Crippen LogP contribution in [-0.4, -0.2) is 43.4 Å². The number of amides is 1. The van der Waals surface area contributed by atoms with Gasteiger partial charge in [-0.2, -0.15) is 10.2 Å². The van der Waals surface area contributed by atoms with E-state index in [2.05, 4.69) is 15.3 Å². The van der Waals surface area contributed by atoms with Crippen molar-refractivity contribution in [3.05, 3.63) is 48.4 Å². The Kier molecular flexibility index (Phi) is 3.57. The van der Waals surface area contributed by atoms with Gasteiger partial charge < -0.3 is 4.90 Å². The van der Waals surface area contributed by atoms with Gasteiger partial charge in [0.25, 0.3) is 0 Å². The number of hydrogen-bond acceptors (Lipinski definition) is 3. The van der Waals surface area contributed by atoms with Crippen LogP contribution in [0.25, 0.3) is 10.9 Å². The summed E-state index contributed by atoms with van der Waals surface area (Å²) in [6, 6.07) is 10.0. The molecule has 4 rings (SSSR count). The van der Waals surface area contributed by atoms with Crippen molar-refractivity contribution in [2.75, 3.05) is 6.54 Å². The van der Waals surface area contributed by atoms with Crippen molar-refractivity contribution in [1.29, 1.82) is 0 Å². The molecule has 3 aromatic rings. The van der Waals surface area contributed by atoms with E-state index in [1.807, 2.05) is 46.1 Å². The molecular formula is C17H19N5O. The van der Waals surface area contributed by atoms with E-state index in [-0.39, 0.29) is 11.9 Å². The molecule has 1 aliphatic rings. The summed E-state index contributed by atoms with van der Waals surface area (Å²) >= 11 is 0. The van der Waals surface area contributed by atoms with Gasteiger partial charge in [-0.15, -0.1) is 0 Å². The average Bonchev–Trinajstić information content (AvgIpc) is 3.29. The standard InChI is InChI=1S/C17H19N5O/c23-17(11-16-14-6-1-2-7-15(14)19-20-16)22-10-3-5-13(22)12-21-9-4-8-18-21/h1-2,4,6-9,13H,3,5,10-12H2,(H,19,20)/t13-/m1/s1. The maximum absolute atomic E-state index is 12.7. The molecule has 1 aromatic carbocycles. The number of aromatic amines is 1. The Hall–Kier alpha value is -2.63. The van der Waals surface area contributed by atoms with Crippen LogP contribution in [0.4, 0.5) is 0 Å². The van der Waals surface area contributed by atoms with E-state index >= 15 is 0 Å². The number of fused-ring (bicyclic) bond motifs is 1. The van der Waals surface area contributed by atoms with Crippen molar-refractivity contribution in [3.8, 4) is 0 Å². The summed E-state index contributed by atoms with van der Waals surface area (Å²) in [6.45, 7) is 1.60. The zero-order valence-electron chi connectivity index (χ0n) is 12.9. The zero-order chi connectivity index (χ0) is 15.6. The minimum atomic E-state index is 0.161. The summed E-state index contributed by atoms with van der Waals surface area (Å²) in [7, 11) is 0. The highest BCUT2D eigenvalue weighted by Gasteiger charge is 2.29. The van der Waals surface area contributed by atoms with E-state index in [9.17, 15) is 4.79 Å². The molecule has 0 unspecified atom stereocenters. The van der Waals surface area contributed by atoms with Crippen molar-refractivity contribution >= 4 is 16.8 Å². The Balaban J connectivity index is 1.49. The first-order valence-electron chi connectivity index (χ1n) is 8.00. The van der Waals surface area contributed by atoms with Gasteiger partial charge in [-0.3, -0.25) is 14.6 Å². The van der Waals surface area contributed by atoms with Gasteiger partial charge in [0.2, 0.25) is 5.91 Å². The first kappa shape index (κ1) is 14.0. The lowest BCUT2D eigenvalue weighted by molar-refractivity contribution is -0.131. The molecule has 0 aliphatic carbocycles. The van der Waals surface area contributed by atoms with E-state index in [0.717, 1.165) is 42.5 Å². The smallest absolute Gasteiger partial charge is 0.228 e. The number of nitrogens with zero attached hydrogens (tertiary/aromatic N) is 4. The van der Waals surface area contributed by atoms with Gasteiger partial charge in [-0.1, -0.05) is 18.2 Å². The second kappa shape index (κ2) is 5.87. The van der Waals surface area contributed by atoms with Crippen LogP contribution in [0, 0.1) is 0 Å². The predicted octanol–water partition coefficient (Wildman–Crippen LogP) is 1.99. The van der Waals surface area contributed by atoms with Gasteiger partial charge in [0.15, 0.2) is 0 Å². The molecule has 1 aliphatic heterocycles. The van der Waals surface area contributed by atoms with Gasteiger partial charge in [0, 0.05) is 24.3 Å². The lowest BCUT2D eigenvalue weighted by atomic mass is 10.1. The molecule has 1 atom stereocenters. The summed E-state index contributed by atoms with van der Waals surface area (Å²) in [4.78, 5) is 14.7. The van der Waals surface area contributed by atoms with E-state index in [0.29, 0.717) is 6.42 Å². The van der Waals surface area contributed by atoms with Crippen molar-refractivity contribution in [3.63, 3.8) is 0 Å². The van der Waals surface area contributed by atoms with Gasteiger partial charge in [-0.25, -0.2) is 0 Å². The SMILES string of the molecule is O=C(Cc1[nH]nc2ccccc12)N1CCC[C@@H]1Cn1cccn1. The summed E-state index contributed by atoms with van der Waals surface area (Å²) in [5.41, 5.74) is 1.81. The van der Waals surface area contributed by atoms with Crippen molar-refractivity contribution in [1.82, 2.24) is 24.9 Å². The number of nitrogens with one attached hydrogen (secondary N) is 1. The van der Waals surface area contributed by atoms with Crippen LogP contribution in [-0.2, 0) is 17.8 Å². The van der Waals surface area contributed by atoms with Crippen molar-refractivity contribution < 1.29 is 4.79 Å². The number of likely N-dealkylation sites (tertiary alicyclic amines) is 1. The minimum Gasteiger partial charge on any atom is -0.338 e. The predicted molar refractivity (Wildman–Crippen MR) is 86.8 cm³/mol. The maximum Gasteiger partial charge on any atom is 0.228 e. The molecule has 3 heterocycles. The van der Waals surface area contributed by atoms with Crippen molar-refractivity contribution in [2.45, 2.75) is 31.8 Å². The largest absolute Gasteiger partial charge is 0.338 e. The van der Waals surface area contributed by atoms with Gasteiger partial charge in [0.05, 0.1) is 30.2 Å². The Morgan fingerprint density at radius 3 is 3.09 bits per heavy atom. The van der Waals surface area contributed by atoms with Crippen LogP contribution < -0.4 is 0 Å². The third kappa shape index (κ3) is 2.72. The molecule has 0 spiro atoms. The Labute approximate surface area is 134 Å². The molecule has 0 bridgehead atoms. The average molecular weight is 309 g/mol. The molecule has 23 heavy (non-hydrogen) atoms. The number of carbonyl (C=O) groups is 1. The molecule has 1 fully saturated rings. The number of benzene rings is 1. The number of H-pyrrole nitrogens is 1. The molecule has 1 N–H and O–H groups in total. The van der Waals surface area contributed by atoms with Crippen LogP contribution in [0.2, 0.25) is 0 Å². The van der Waals surface area contributed by atoms with Crippen LogP contribution in [0.3, 0.4) is 0 Å². The highest BCUT2D eigenvalue weighted by Crippen LogP contribution is 2.22. The number of aromatic nitrogens is 4. The Morgan fingerprint density at radius 1 is 1.30 bits per heavy atom. The first-order chi connectivity index (χ1) is 11.3. The number of rotatable bonds is 4. The molecule has 0 radical (unpaired) electrons. The summed E-state index contributed by atoms with van der Waals surface area (Å²) in [5.74, 6) is 0.161. The normalized spacial score (nSPS) is 17.9. The third-order valence-corrected chi connectivity index (χ3v) is 4.52. The number of hydrogen-bond donors (Lipinski definition) is 1. The molecule has 2 aromatic heterocycles. The Bertz CT molecular complexity index is 807. The molecule has 6 nitrogen and oxygen atoms in total. The van der Waals surface area contributed by atoms with Gasteiger partial charge >= 0.3 is 0 Å². The van der Waals surface area contributed by atoms with Crippen molar-refractivity contribution in [2.24, 2.45) is 0 Å². The number of para-hydroxylation sites is 1. The van der Waals surface area contributed by atoms with Crippen LogP contribution in [0.15, 0.2) is 42.7 Å². The second-order valence-electron chi connectivity index (χ2n) is 6.01. The number of carbonyl (C=O) groups excluding carboxylic acids is 1. The third-order valence-electron chi connectivity index (χ3n) is 4.52. The summed E-state index contributed by atoms with van der Waals surface area (Å²) < 4.78 is 1.90. The lowest BCUT2D eigenvalue weighted by Gasteiger charge is -2.24. The van der Waals surface area contributed by atoms with Crippen LogP contribution >= 0.6 is 0 Å². The molecule has 118 valence electrons. The van der Waals surface area contributed by atoms with E-state index in [1.165, 1.54) is 0 Å². The zero-order valence-corrected chi connectivity index (χ0v) is 12.9. The molecular weight excluding hydrogens is 290 g/mol. The van der Waals surface area contributed by atoms with Gasteiger partial charge in [-0.05, 0) is 25.0 Å². The fraction of sp³-hybridized carbons (Fsp3) is 0.353. The highest BCUT2D eigenvalue weighted by molar-refractivity contribution is 5.87. The lowest BCUT2D eigenvalue weighted by Crippen LogP contribution is -2.39. The highest BCUT2D eigenvalue weighted by atomic mass is 16.2. The van der Waals surface area contributed by atoms with Crippen LogP contribution in [0.1, 0.15) is 18.5 Å². The van der Waals surface area contributed by atoms with Gasteiger partial charge in [0.1, 0.15) is 0 Å². The molecule has 1 amide bonds. The summed E-state index contributed by atoms with van der Waals surface area (Å²) in [6.07, 6.45) is 6.19. The fourth-order valence-corrected chi connectivity index (χ4v) is 3.38. The topological polar surface area (TPSA) is 66.8 Å².